The van der Waals surface area contributed by atoms with Gasteiger partial charge in [-0.15, -0.1) is 0 Å². The SMILES string of the molecule is Nc1ccc2nc3[nH]c4ccccc4n3c2c1. The maximum Gasteiger partial charge on any atom is 0.213 e. The summed E-state index contributed by atoms with van der Waals surface area (Å²) in [5.41, 5.74) is 10.8. The highest BCUT2D eigenvalue weighted by Gasteiger charge is 2.09. The molecule has 4 rings (SSSR count). The van der Waals surface area contributed by atoms with E-state index in [2.05, 4.69) is 20.4 Å². The highest BCUT2D eigenvalue weighted by molar-refractivity contribution is 5.90. The van der Waals surface area contributed by atoms with Crippen LogP contribution in [0.15, 0.2) is 42.5 Å². The number of fused-ring (bicyclic) bond motifs is 5. The third-order valence-electron chi connectivity index (χ3n) is 3.07. The van der Waals surface area contributed by atoms with Crippen LogP contribution < -0.4 is 5.73 Å². The van der Waals surface area contributed by atoms with E-state index in [1.807, 2.05) is 36.4 Å². The molecule has 0 saturated heterocycles. The molecule has 0 unspecified atom stereocenters. The molecule has 4 nitrogen and oxygen atoms in total. The third-order valence-corrected chi connectivity index (χ3v) is 3.07. The van der Waals surface area contributed by atoms with Crippen LogP contribution in [0.4, 0.5) is 5.69 Å². The van der Waals surface area contributed by atoms with Crippen molar-refractivity contribution in [2.75, 3.05) is 5.73 Å². The number of imidazole rings is 2. The second kappa shape index (κ2) is 2.79. The number of hydrogen-bond donors (Lipinski definition) is 2. The molecule has 0 fully saturated rings. The van der Waals surface area contributed by atoms with Gasteiger partial charge in [0.1, 0.15) is 0 Å². The Morgan fingerprint density at radius 1 is 1.06 bits per heavy atom. The Labute approximate surface area is 96.7 Å². The zero-order valence-electron chi connectivity index (χ0n) is 9.01. The molecule has 0 saturated carbocycles. The van der Waals surface area contributed by atoms with E-state index in [0.717, 1.165) is 33.5 Å². The molecule has 82 valence electrons. The summed E-state index contributed by atoms with van der Waals surface area (Å²) in [4.78, 5) is 7.84. The molecule has 3 N–H and O–H groups in total. The molecular weight excluding hydrogens is 212 g/mol. The zero-order chi connectivity index (χ0) is 11.4. The molecular formula is C13H10N4. The van der Waals surface area contributed by atoms with E-state index < -0.39 is 0 Å². The Morgan fingerprint density at radius 2 is 1.94 bits per heavy atom. The van der Waals surface area contributed by atoms with Crippen molar-refractivity contribution in [2.24, 2.45) is 0 Å². The Balaban J connectivity index is 2.33. The van der Waals surface area contributed by atoms with Crippen LogP contribution in [0.25, 0.3) is 27.8 Å². The molecule has 0 spiro atoms. The third kappa shape index (κ3) is 1.04. The lowest BCUT2D eigenvalue weighted by Gasteiger charge is -1.95. The number of benzene rings is 2. The summed E-state index contributed by atoms with van der Waals surface area (Å²) in [6.45, 7) is 0. The van der Waals surface area contributed by atoms with E-state index in [-0.39, 0.29) is 0 Å². The maximum absolute atomic E-state index is 5.84. The molecule has 2 heterocycles. The molecule has 17 heavy (non-hydrogen) atoms. The second-order valence-corrected chi connectivity index (χ2v) is 4.16. The minimum absolute atomic E-state index is 0.754. The molecule has 0 aliphatic carbocycles. The molecule has 4 heteroatoms. The van der Waals surface area contributed by atoms with Gasteiger partial charge in [-0.2, -0.15) is 0 Å². The van der Waals surface area contributed by atoms with Gasteiger partial charge in [0.15, 0.2) is 0 Å². The zero-order valence-corrected chi connectivity index (χ0v) is 9.01. The first-order valence-corrected chi connectivity index (χ1v) is 5.47. The Morgan fingerprint density at radius 3 is 2.88 bits per heavy atom. The molecule has 0 atom stereocenters. The second-order valence-electron chi connectivity index (χ2n) is 4.16. The van der Waals surface area contributed by atoms with Gasteiger partial charge in [-0.1, -0.05) is 12.1 Å². The summed E-state index contributed by atoms with van der Waals surface area (Å²) < 4.78 is 2.10. The smallest absolute Gasteiger partial charge is 0.213 e. The topological polar surface area (TPSA) is 59.1 Å². The largest absolute Gasteiger partial charge is 0.399 e. The van der Waals surface area contributed by atoms with Crippen LogP contribution in [-0.4, -0.2) is 14.4 Å². The number of hydrogen-bond acceptors (Lipinski definition) is 2. The number of aromatic amines is 1. The summed E-state index contributed by atoms with van der Waals surface area (Å²) in [5.74, 6) is 0.854. The van der Waals surface area contributed by atoms with Crippen molar-refractivity contribution in [3.05, 3.63) is 42.5 Å². The van der Waals surface area contributed by atoms with Gasteiger partial charge in [-0.3, -0.25) is 4.40 Å². The number of nitrogens with one attached hydrogen (secondary N) is 1. The van der Waals surface area contributed by atoms with Crippen LogP contribution in [0, 0.1) is 0 Å². The Hall–Kier alpha value is -2.49. The van der Waals surface area contributed by atoms with E-state index in [1.165, 1.54) is 0 Å². The average molecular weight is 222 g/mol. The summed E-state index contributed by atoms with van der Waals surface area (Å²) in [6, 6.07) is 13.9. The number of nitrogens with two attached hydrogens (primary N) is 1. The fourth-order valence-electron chi connectivity index (χ4n) is 2.31. The van der Waals surface area contributed by atoms with E-state index >= 15 is 0 Å². The van der Waals surface area contributed by atoms with Crippen molar-refractivity contribution in [3.63, 3.8) is 0 Å². The molecule has 0 aliphatic rings. The van der Waals surface area contributed by atoms with Crippen LogP contribution in [0.3, 0.4) is 0 Å². The fraction of sp³-hybridized carbons (Fsp3) is 0. The van der Waals surface area contributed by atoms with Gasteiger partial charge < -0.3 is 10.7 Å². The van der Waals surface area contributed by atoms with E-state index in [9.17, 15) is 0 Å². The number of aromatic nitrogens is 3. The normalized spacial score (nSPS) is 11.8. The lowest BCUT2D eigenvalue weighted by molar-refractivity contribution is 1.28. The number of nitrogens with zero attached hydrogens (tertiary/aromatic N) is 2. The molecule has 2 aromatic heterocycles. The van der Waals surface area contributed by atoms with Crippen molar-refractivity contribution >= 4 is 33.5 Å². The van der Waals surface area contributed by atoms with Crippen molar-refractivity contribution in [2.45, 2.75) is 0 Å². The minimum Gasteiger partial charge on any atom is -0.399 e. The van der Waals surface area contributed by atoms with Crippen LogP contribution >= 0.6 is 0 Å². The lowest BCUT2D eigenvalue weighted by atomic mass is 10.2. The van der Waals surface area contributed by atoms with Crippen LogP contribution in [-0.2, 0) is 0 Å². The van der Waals surface area contributed by atoms with Crippen molar-refractivity contribution in [1.82, 2.24) is 14.4 Å². The number of nitrogen functional groups attached to an aromatic ring is 1. The van der Waals surface area contributed by atoms with Gasteiger partial charge in [0.05, 0.1) is 22.1 Å². The quantitative estimate of drug-likeness (QED) is 0.449. The molecule has 0 bridgehead atoms. The van der Waals surface area contributed by atoms with Gasteiger partial charge >= 0.3 is 0 Å². The average Bonchev–Trinajstić information content (AvgIpc) is 2.84. The van der Waals surface area contributed by atoms with E-state index in [0.29, 0.717) is 0 Å². The standard InChI is InChI=1S/C13H10N4/c14-8-5-6-10-12(7-8)17-11-4-2-1-3-9(11)15-13(17)16-10/h1-7H,14H2,(H,15,16). The van der Waals surface area contributed by atoms with Gasteiger partial charge in [0.25, 0.3) is 0 Å². The van der Waals surface area contributed by atoms with Crippen molar-refractivity contribution in [3.8, 4) is 0 Å². The van der Waals surface area contributed by atoms with Crippen LogP contribution in [0.5, 0.6) is 0 Å². The van der Waals surface area contributed by atoms with Gasteiger partial charge in [0.2, 0.25) is 5.78 Å². The number of rotatable bonds is 0. The van der Waals surface area contributed by atoms with Crippen LogP contribution in [0.1, 0.15) is 0 Å². The lowest BCUT2D eigenvalue weighted by Crippen LogP contribution is -1.85. The summed E-state index contributed by atoms with van der Waals surface area (Å²) >= 11 is 0. The number of para-hydroxylation sites is 2. The predicted octanol–water partition coefficient (Wildman–Crippen LogP) is 2.55. The molecule has 4 aromatic rings. The summed E-state index contributed by atoms with van der Waals surface area (Å²) in [5, 5.41) is 0. The highest BCUT2D eigenvalue weighted by atomic mass is 15.1. The highest BCUT2D eigenvalue weighted by Crippen LogP contribution is 2.24. The van der Waals surface area contributed by atoms with Crippen molar-refractivity contribution in [1.29, 1.82) is 0 Å². The summed E-state index contributed by atoms with van der Waals surface area (Å²) in [6.07, 6.45) is 0. The monoisotopic (exact) mass is 222 g/mol. The molecule has 2 aromatic carbocycles. The van der Waals surface area contributed by atoms with Gasteiger partial charge in [0, 0.05) is 5.69 Å². The molecule has 0 amide bonds. The van der Waals surface area contributed by atoms with E-state index in [1.54, 1.807) is 0 Å². The van der Waals surface area contributed by atoms with Gasteiger partial charge in [-0.25, -0.2) is 4.98 Å². The first-order valence-electron chi connectivity index (χ1n) is 5.47. The van der Waals surface area contributed by atoms with E-state index in [4.69, 9.17) is 5.73 Å². The van der Waals surface area contributed by atoms with Crippen LogP contribution in [0.2, 0.25) is 0 Å². The van der Waals surface area contributed by atoms with Crippen molar-refractivity contribution < 1.29 is 0 Å². The Bertz CT molecular complexity index is 854. The number of H-pyrrole nitrogens is 1. The Kier molecular flexibility index (Phi) is 1.42. The predicted molar refractivity (Wildman–Crippen MR) is 69.0 cm³/mol. The molecule has 0 radical (unpaired) electrons. The first kappa shape index (κ1) is 8.64. The first-order chi connectivity index (χ1) is 8.33. The van der Waals surface area contributed by atoms with Gasteiger partial charge in [-0.05, 0) is 30.3 Å². The number of anilines is 1. The molecule has 0 aliphatic heterocycles. The fourth-order valence-corrected chi connectivity index (χ4v) is 2.31. The maximum atomic E-state index is 5.84. The minimum atomic E-state index is 0.754. The summed E-state index contributed by atoms with van der Waals surface area (Å²) in [7, 11) is 0.